The normalized spacial score (nSPS) is 29.1. The number of anilines is 1. The first-order valence-corrected chi connectivity index (χ1v) is 10.3. The van der Waals surface area contributed by atoms with Crippen LogP contribution < -0.4 is 10.2 Å². The molecule has 1 aromatic heterocycles. The molecule has 2 unspecified atom stereocenters. The molecule has 5 heterocycles. The topological polar surface area (TPSA) is 36.3 Å². The Morgan fingerprint density at radius 3 is 2.67 bits per heavy atom. The fourth-order valence-electron chi connectivity index (χ4n) is 4.96. The van der Waals surface area contributed by atoms with Crippen LogP contribution in [0.25, 0.3) is 0 Å². The molecule has 6 rings (SSSR count). The molecule has 4 aliphatic heterocycles. The van der Waals surface area contributed by atoms with Crippen molar-refractivity contribution in [2.45, 2.75) is 44.9 Å². The molecule has 0 radical (unpaired) electrons. The Bertz CT molecular complexity index is 803. The van der Waals surface area contributed by atoms with Gasteiger partial charge < -0.3 is 15.1 Å². The number of benzene rings is 1. The van der Waals surface area contributed by atoms with E-state index in [1.165, 1.54) is 49.4 Å². The monoisotopic (exact) mass is 363 g/mol. The third-order valence-electron chi connectivity index (χ3n) is 6.45. The molecule has 4 aliphatic rings. The van der Waals surface area contributed by atoms with Gasteiger partial charge in [-0.05, 0) is 50.4 Å². The van der Waals surface area contributed by atoms with Gasteiger partial charge in [-0.1, -0.05) is 30.3 Å². The van der Waals surface area contributed by atoms with E-state index in [0.717, 1.165) is 19.0 Å². The first-order valence-electron chi connectivity index (χ1n) is 10.3. The number of fused-ring (bicyclic) bond motifs is 4. The van der Waals surface area contributed by atoms with Crippen molar-refractivity contribution < 1.29 is 0 Å². The minimum atomic E-state index is 0.262. The summed E-state index contributed by atoms with van der Waals surface area (Å²) in [5, 5.41) is 8.64. The number of nitrogens with one attached hydrogen (secondary N) is 1. The van der Waals surface area contributed by atoms with Gasteiger partial charge in [-0.2, -0.15) is 5.10 Å². The summed E-state index contributed by atoms with van der Waals surface area (Å²) in [4.78, 5) is 4.96. The molecule has 1 aromatic carbocycles. The van der Waals surface area contributed by atoms with Crippen LogP contribution in [-0.2, 0) is 13.1 Å². The highest BCUT2D eigenvalue weighted by Crippen LogP contribution is 2.35. The van der Waals surface area contributed by atoms with Crippen molar-refractivity contribution in [1.29, 1.82) is 0 Å². The third kappa shape index (κ3) is 3.19. The van der Waals surface area contributed by atoms with Crippen LogP contribution in [-0.4, -0.2) is 40.4 Å². The average Bonchev–Trinajstić information content (AvgIpc) is 3.16. The molecule has 0 saturated carbocycles. The molecule has 3 saturated heterocycles. The molecule has 2 aromatic rings. The summed E-state index contributed by atoms with van der Waals surface area (Å²) in [5.41, 5.74) is 2.63. The molecule has 27 heavy (non-hydrogen) atoms. The third-order valence-corrected chi connectivity index (χ3v) is 6.45. The molecule has 0 spiro atoms. The van der Waals surface area contributed by atoms with Gasteiger partial charge in [0.25, 0.3) is 0 Å². The minimum absolute atomic E-state index is 0.262. The maximum atomic E-state index is 4.68. The molecule has 1 N–H and O–H groups in total. The molecule has 5 heteroatoms. The maximum Gasteiger partial charge on any atom is 0.136 e. The predicted octanol–water partition coefficient (Wildman–Crippen LogP) is 3.16. The van der Waals surface area contributed by atoms with E-state index in [0.29, 0.717) is 6.04 Å². The van der Waals surface area contributed by atoms with E-state index in [9.17, 15) is 0 Å². The lowest BCUT2D eigenvalue weighted by atomic mass is 9.83. The van der Waals surface area contributed by atoms with Crippen molar-refractivity contribution in [3.63, 3.8) is 0 Å². The number of aryl methyl sites for hydroxylation is 1. The highest BCUT2D eigenvalue weighted by Gasteiger charge is 2.36. The minimum Gasteiger partial charge on any atom is -0.329 e. The van der Waals surface area contributed by atoms with Gasteiger partial charge in [-0.3, -0.25) is 0 Å². The lowest BCUT2D eigenvalue weighted by Crippen LogP contribution is -2.56. The second-order valence-electron chi connectivity index (χ2n) is 8.08. The van der Waals surface area contributed by atoms with Gasteiger partial charge in [-0.15, -0.1) is 0 Å². The molecular formula is C22H29N5. The van der Waals surface area contributed by atoms with Gasteiger partial charge in [0.1, 0.15) is 5.82 Å². The van der Waals surface area contributed by atoms with Crippen LogP contribution in [0.5, 0.6) is 0 Å². The molecular weight excluding hydrogens is 334 g/mol. The molecule has 0 amide bonds. The fraction of sp³-hybridized carbons (Fsp3) is 0.500. The van der Waals surface area contributed by atoms with Crippen LogP contribution >= 0.6 is 0 Å². The summed E-state index contributed by atoms with van der Waals surface area (Å²) in [5.74, 6) is 2.07. The van der Waals surface area contributed by atoms with E-state index in [1.54, 1.807) is 0 Å². The van der Waals surface area contributed by atoms with Gasteiger partial charge in [0, 0.05) is 37.4 Å². The van der Waals surface area contributed by atoms with Crippen LogP contribution in [0.2, 0.25) is 0 Å². The first kappa shape index (κ1) is 17.0. The van der Waals surface area contributed by atoms with E-state index in [-0.39, 0.29) is 6.04 Å². The lowest BCUT2D eigenvalue weighted by Gasteiger charge is -2.46. The molecule has 142 valence electrons. The van der Waals surface area contributed by atoms with Gasteiger partial charge in [0.05, 0.1) is 12.2 Å². The van der Waals surface area contributed by atoms with E-state index in [4.69, 9.17) is 0 Å². The van der Waals surface area contributed by atoms with Crippen molar-refractivity contribution in [2.24, 2.45) is 5.92 Å². The van der Waals surface area contributed by atoms with Crippen LogP contribution in [0.15, 0.2) is 48.8 Å². The fourth-order valence-corrected chi connectivity index (χ4v) is 4.96. The van der Waals surface area contributed by atoms with E-state index in [1.807, 2.05) is 0 Å². The zero-order valence-electron chi connectivity index (χ0n) is 16.1. The molecule has 5 nitrogen and oxygen atoms in total. The SMILES string of the molecule is CCn1ncc2c1N(Cc1ccccc1)C=CC2NC1CN2CCC1CC2. The second kappa shape index (κ2) is 7.13. The standard InChI is InChI=1S/C22H29N5/c1-2-27-22-19(14-23-27)20(24-21-16-25-11-8-18(21)9-12-25)10-13-26(22)15-17-6-4-3-5-7-17/h3-7,10,13-14,18,20-21,24H,2,8-9,11-12,15-16H2,1H3. The quantitative estimate of drug-likeness (QED) is 0.885. The highest BCUT2D eigenvalue weighted by molar-refractivity contribution is 5.56. The molecule has 0 aliphatic carbocycles. The van der Waals surface area contributed by atoms with Crippen molar-refractivity contribution in [2.75, 3.05) is 24.5 Å². The highest BCUT2D eigenvalue weighted by atomic mass is 15.4. The summed E-state index contributed by atoms with van der Waals surface area (Å²) in [6.45, 7) is 7.70. The van der Waals surface area contributed by atoms with Crippen LogP contribution in [0.4, 0.5) is 5.82 Å². The van der Waals surface area contributed by atoms with Crippen molar-refractivity contribution in [1.82, 2.24) is 20.0 Å². The predicted molar refractivity (Wildman–Crippen MR) is 108 cm³/mol. The summed E-state index contributed by atoms with van der Waals surface area (Å²) < 4.78 is 2.13. The zero-order chi connectivity index (χ0) is 18.2. The van der Waals surface area contributed by atoms with Crippen LogP contribution in [0.1, 0.15) is 36.9 Å². The Morgan fingerprint density at radius 1 is 1.15 bits per heavy atom. The lowest BCUT2D eigenvalue weighted by molar-refractivity contribution is 0.0695. The Labute approximate surface area is 161 Å². The zero-order valence-corrected chi connectivity index (χ0v) is 16.1. The number of rotatable bonds is 5. The first-order chi connectivity index (χ1) is 13.3. The van der Waals surface area contributed by atoms with Gasteiger partial charge in [-0.25, -0.2) is 4.68 Å². The molecule has 2 bridgehead atoms. The summed E-state index contributed by atoms with van der Waals surface area (Å²) in [6, 6.07) is 11.5. The van der Waals surface area contributed by atoms with Crippen molar-refractivity contribution >= 4 is 5.82 Å². The van der Waals surface area contributed by atoms with E-state index < -0.39 is 0 Å². The largest absolute Gasteiger partial charge is 0.329 e. The Balaban J connectivity index is 1.39. The Morgan fingerprint density at radius 2 is 1.96 bits per heavy atom. The smallest absolute Gasteiger partial charge is 0.136 e. The second-order valence-corrected chi connectivity index (χ2v) is 8.08. The number of aromatic nitrogens is 2. The summed E-state index contributed by atoms with van der Waals surface area (Å²) >= 11 is 0. The van der Waals surface area contributed by atoms with Crippen LogP contribution in [0.3, 0.4) is 0 Å². The van der Waals surface area contributed by atoms with Crippen molar-refractivity contribution in [3.05, 3.63) is 59.9 Å². The maximum absolute atomic E-state index is 4.68. The van der Waals surface area contributed by atoms with Gasteiger partial charge >= 0.3 is 0 Å². The number of piperidine rings is 3. The Kier molecular flexibility index (Phi) is 4.50. The van der Waals surface area contributed by atoms with Crippen molar-refractivity contribution in [3.8, 4) is 0 Å². The Hall–Kier alpha value is -2.11. The van der Waals surface area contributed by atoms with Gasteiger partial charge in [0.15, 0.2) is 0 Å². The summed E-state index contributed by atoms with van der Waals surface area (Å²) in [7, 11) is 0. The molecule has 2 atom stereocenters. The number of nitrogens with zero attached hydrogens (tertiary/aromatic N) is 4. The van der Waals surface area contributed by atoms with Crippen LogP contribution in [0, 0.1) is 5.92 Å². The average molecular weight is 364 g/mol. The number of hydrogen-bond acceptors (Lipinski definition) is 4. The number of hydrogen-bond donors (Lipinski definition) is 1. The summed E-state index contributed by atoms with van der Waals surface area (Å²) in [6.07, 6.45) is 9.33. The van der Waals surface area contributed by atoms with E-state index in [2.05, 4.69) is 80.6 Å². The van der Waals surface area contributed by atoms with Gasteiger partial charge in [0.2, 0.25) is 0 Å². The van der Waals surface area contributed by atoms with E-state index >= 15 is 0 Å². The molecule has 3 fully saturated rings.